The molecule has 3 heteroatoms. The molecule has 80 valence electrons. The molecule has 0 fully saturated rings. The maximum absolute atomic E-state index is 9.27. The first kappa shape index (κ1) is 11.9. The van der Waals surface area contributed by atoms with Crippen LogP contribution < -0.4 is 0 Å². The molecule has 0 saturated heterocycles. The molecule has 0 aliphatic heterocycles. The van der Waals surface area contributed by atoms with Gasteiger partial charge in [-0.2, -0.15) is 5.26 Å². The van der Waals surface area contributed by atoms with Gasteiger partial charge < -0.3 is 5.11 Å². The molecule has 1 atom stereocenters. The summed E-state index contributed by atoms with van der Waals surface area (Å²) in [6.45, 7) is 4.13. The summed E-state index contributed by atoms with van der Waals surface area (Å²) >= 11 is 1.30. The third-order valence-corrected chi connectivity index (χ3v) is 3.19. The Hall–Kier alpha value is -1.14. The number of nitriles is 1. The number of benzene rings is 1. The highest BCUT2D eigenvalue weighted by atomic mass is 32.2. The predicted octanol–water partition coefficient (Wildman–Crippen LogP) is 3.09. The van der Waals surface area contributed by atoms with E-state index in [1.807, 2.05) is 13.0 Å². The first-order valence-electron chi connectivity index (χ1n) is 4.93. The van der Waals surface area contributed by atoms with E-state index in [1.54, 1.807) is 12.1 Å². The van der Waals surface area contributed by atoms with Gasteiger partial charge in [0, 0.05) is 5.75 Å². The summed E-state index contributed by atoms with van der Waals surface area (Å²) in [6, 6.07) is 5.45. The lowest BCUT2D eigenvalue weighted by atomic mass is 9.98. The molecule has 1 unspecified atom stereocenters. The Balaban J connectivity index is 2.61. The molecular formula is C12H15NOS. The van der Waals surface area contributed by atoms with Crippen LogP contribution in [0.4, 0.5) is 0 Å². The molecule has 1 rings (SSSR count). The van der Waals surface area contributed by atoms with Gasteiger partial charge in [0.15, 0.2) is 0 Å². The van der Waals surface area contributed by atoms with E-state index in [-0.39, 0.29) is 0 Å². The quantitative estimate of drug-likeness (QED) is 0.794. The van der Waals surface area contributed by atoms with Crippen molar-refractivity contribution in [2.75, 3.05) is 5.75 Å². The second-order valence-electron chi connectivity index (χ2n) is 3.82. The smallest absolute Gasteiger partial charge is 0.133 e. The minimum absolute atomic E-state index is 0.315. The van der Waals surface area contributed by atoms with Gasteiger partial charge in [-0.1, -0.05) is 13.0 Å². The highest BCUT2D eigenvalue weighted by molar-refractivity contribution is 8.03. The zero-order valence-electron chi connectivity index (χ0n) is 9.03. The molecule has 0 bridgehead atoms. The molecule has 2 nitrogen and oxygen atoms in total. The van der Waals surface area contributed by atoms with E-state index in [0.717, 1.165) is 17.7 Å². The molecule has 0 aromatic heterocycles. The van der Waals surface area contributed by atoms with Gasteiger partial charge in [0.25, 0.3) is 0 Å². The van der Waals surface area contributed by atoms with Crippen LogP contribution in [0.2, 0.25) is 0 Å². The van der Waals surface area contributed by atoms with Crippen molar-refractivity contribution in [1.82, 2.24) is 0 Å². The fourth-order valence-electron chi connectivity index (χ4n) is 1.52. The molecule has 0 heterocycles. The highest BCUT2D eigenvalue weighted by Crippen LogP contribution is 2.20. The summed E-state index contributed by atoms with van der Waals surface area (Å²) in [5.74, 6) is 1.66. The predicted molar refractivity (Wildman–Crippen MR) is 63.8 cm³/mol. The van der Waals surface area contributed by atoms with Crippen molar-refractivity contribution < 1.29 is 5.11 Å². The Bertz CT molecular complexity index is 370. The number of nitrogens with zero attached hydrogens (tertiary/aromatic N) is 1. The van der Waals surface area contributed by atoms with E-state index in [9.17, 15) is 5.11 Å². The maximum Gasteiger partial charge on any atom is 0.133 e. The summed E-state index contributed by atoms with van der Waals surface area (Å²) in [5, 5.41) is 19.8. The molecule has 0 spiro atoms. The van der Waals surface area contributed by atoms with E-state index in [4.69, 9.17) is 5.26 Å². The molecular weight excluding hydrogens is 206 g/mol. The average molecular weight is 221 g/mol. The van der Waals surface area contributed by atoms with E-state index in [0.29, 0.717) is 11.7 Å². The van der Waals surface area contributed by atoms with Gasteiger partial charge in [-0.3, -0.25) is 0 Å². The molecule has 0 aliphatic carbocycles. The van der Waals surface area contributed by atoms with Crippen LogP contribution in [-0.4, -0.2) is 10.9 Å². The first-order chi connectivity index (χ1) is 7.13. The zero-order valence-corrected chi connectivity index (χ0v) is 9.84. The van der Waals surface area contributed by atoms with E-state index in [1.165, 1.54) is 17.3 Å². The summed E-state index contributed by atoms with van der Waals surface area (Å²) in [6.07, 6.45) is 0.959. The topological polar surface area (TPSA) is 44.0 Å². The van der Waals surface area contributed by atoms with Gasteiger partial charge in [-0.15, -0.1) is 0 Å². The van der Waals surface area contributed by atoms with Crippen LogP contribution in [0.1, 0.15) is 18.1 Å². The van der Waals surface area contributed by atoms with Gasteiger partial charge in [0.05, 0.1) is 0 Å². The zero-order chi connectivity index (χ0) is 11.3. The van der Waals surface area contributed by atoms with Gasteiger partial charge in [0.1, 0.15) is 11.2 Å². The second-order valence-corrected chi connectivity index (χ2v) is 4.63. The lowest BCUT2D eigenvalue weighted by Gasteiger charge is -2.11. The minimum Gasteiger partial charge on any atom is -0.508 e. The van der Waals surface area contributed by atoms with Gasteiger partial charge in [0.2, 0.25) is 0 Å². The fraction of sp³-hybridized carbons (Fsp3) is 0.417. The van der Waals surface area contributed by atoms with Gasteiger partial charge >= 0.3 is 0 Å². The Morgan fingerprint density at radius 1 is 1.53 bits per heavy atom. The number of hydrogen-bond acceptors (Lipinski definition) is 3. The minimum atomic E-state index is 0.315. The van der Waals surface area contributed by atoms with Crippen molar-refractivity contribution in [3.8, 4) is 11.2 Å². The number of rotatable bonds is 4. The van der Waals surface area contributed by atoms with Gasteiger partial charge in [-0.25, -0.2) is 0 Å². The van der Waals surface area contributed by atoms with E-state index in [2.05, 4.69) is 12.3 Å². The molecule has 1 aromatic carbocycles. The Kier molecular flexibility index (Phi) is 4.51. The average Bonchev–Trinajstić information content (AvgIpc) is 2.19. The molecule has 0 saturated carbocycles. The molecule has 0 radical (unpaired) electrons. The lowest BCUT2D eigenvalue weighted by molar-refractivity contribution is 0.474. The number of aryl methyl sites for hydroxylation is 1. The number of phenols is 1. The summed E-state index contributed by atoms with van der Waals surface area (Å²) in [4.78, 5) is 0. The largest absolute Gasteiger partial charge is 0.508 e. The second kappa shape index (κ2) is 5.67. The fourth-order valence-corrected chi connectivity index (χ4v) is 2.00. The Morgan fingerprint density at radius 2 is 2.27 bits per heavy atom. The number of thiocyanates is 1. The Labute approximate surface area is 94.9 Å². The number of phenolic OH excluding ortho intramolecular Hbond substituents is 1. The summed E-state index contributed by atoms with van der Waals surface area (Å²) in [5.41, 5.74) is 2.36. The van der Waals surface area contributed by atoms with Crippen LogP contribution in [0, 0.1) is 23.5 Å². The SMILES string of the molecule is Cc1cc(O)ccc1CC(C)CSC#N. The monoisotopic (exact) mass is 221 g/mol. The summed E-state index contributed by atoms with van der Waals surface area (Å²) < 4.78 is 0. The number of aromatic hydroxyl groups is 1. The number of thioether (sulfide) groups is 1. The van der Waals surface area contributed by atoms with E-state index < -0.39 is 0 Å². The van der Waals surface area contributed by atoms with Crippen LogP contribution in [0.3, 0.4) is 0 Å². The van der Waals surface area contributed by atoms with Crippen LogP contribution in [0.5, 0.6) is 5.75 Å². The first-order valence-corrected chi connectivity index (χ1v) is 5.91. The van der Waals surface area contributed by atoms with Crippen molar-refractivity contribution in [2.45, 2.75) is 20.3 Å². The van der Waals surface area contributed by atoms with Gasteiger partial charge in [-0.05, 0) is 54.3 Å². The lowest BCUT2D eigenvalue weighted by Crippen LogP contribution is -2.03. The van der Waals surface area contributed by atoms with Crippen LogP contribution in [0.25, 0.3) is 0 Å². The van der Waals surface area contributed by atoms with Crippen LogP contribution in [-0.2, 0) is 6.42 Å². The third kappa shape index (κ3) is 3.85. The normalized spacial score (nSPS) is 12.1. The molecule has 1 N–H and O–H groups in total. The molecule has 15 heavy (non-hydrogen) atoms. The Morgan fingerprint density at radius 3 is 2.87 bits per heavy atom. The third-order valence-electron chi connectivity index (χ3n) is 2.33. The van der Waals surface area contributed by atoms with Crippen LogP contribution >= 0.6 is 11.8 Å². The van der Waals surface area contributed by atoms with Crippen molar-refractivity contribution in [2.24, 2.45) is 5.92 Å². The molecule has 1 aromatic rings. The number of hydrogen-bond donors (Lipinski definition) is 1. The molecule has 0 aliphatic rings. The van der Waals surface area contributed by atoms with Crippen LogP contribution in [0.15, 0.2) is 18.2 Å². The van der Waals surface area contributed by atoms with Crippen molar-refractivity contribution in [3.05, 3.63) is 29.3 Å². The molecule has 0 amide bonds. The standard InChI is InChI=1S/C12H15NOS/c1-9(7-15-8-13)5-11-3-4-12(14)6-10(11)2/h3-4,6,9,14H,5,7H2,1-2H3. The maximum atomic E-state index is 9.27. The van der Waals surface area contributed by atoms with Crippen molar-refractivity contribution in [3.63, 3.8) is 0 Å². The summed E-state index contributed by atoms with van der Waals surface area (Å²) in [7, 11) is 0. The van der Waals surface area contributed by atoms with Crippen molar-refractivity contribution >= 4 is 11.8 Å². The van der Waals surface area contributed by atoms with E-state index >= 15 is 0 Å². The van der Waals surface area contributed by atoms with Crippen molar-refractivity contribution in [1.29, 1.82) is 5.26 Å². The highest BCUT2D eigenvalue weighted by Gasteiger charge is 2.06.